The summed E-state index contributed by atoms with van der Waals surface area (Å²) in [6, 6.07) is 12.9. The van der Waals surface area contributed by atoms with Gasteiger partial charge >= 0.3 is 10.1 Å². The van der Waals surface area contributed by atoms with Crippen molar-refractivity contribution in [2.75, 3.05) is 11.0 Å². The van der Waals surface area contributed by atoms with Gasteiger partial charge in [0.05, 0.1) is 21.8 Å². The summed E-state index contributed by atoms with van der Waals surface area (Å²) in [6.45, 7) is 3.92. The van der Waals surface area contributed by atoms with Crippen LogP contribution in [0.15, 0.2) is 59.5 Å². The lowest BCUT2D eigenvalue weighted by Gasteiger charge is -2.14. The number of sulfonamides is 1. The molecular formula is C20H20N4O7S2. The van der Waals surface area contributed by atoms with Crippen LogP contribution >= 0.6 is 0 Å². The van der Waals surface area contributed by atoms with E-state index in [4.69, 9.17) is 4.18 Å². The number of nitro benzene ring substituents is 1. The van der Waals surface area contributed by atoms with Crippen LogP contribution in [0, 0.1) is 10.1 Å². The third kappa shape index (κ3) is 6.02. The Kier molecular flexibility index (Phi) is 6.65. The van der Waals surface area contributed by atoms with Gasteiger partial charge in [0.15, 0.2) is 0 Å². The number of nitro groups is 1. The Bertz CT molecular complexity index is 1420. The van der Waals surface area contributed by atoms with E-state index < -0.39 is 42.6 Å². The maximum atomic E-state index is 12.8. The first-order valence-corrected chi connectivity index (χ1v) is 12.8. The Morgan fingerprint density at radius 1 is 1.00 bits per heavy atom. The number of non-ortho nitro benzene ring substituents is 1. The molecule has 0 unspecified atom stereocenters. The van der Waals surface area contributed by atoms with Crippen LogP contribution in [0.5, 0.6) is 5.88 Å². The first-order chi connectivity index (χ1) is 15.4. The monoisotopic (exact) mass is 492 g/mol. The predicted molar refractivity (Wildman–Crippen MR) is 121 cm³/mol. The average Bonchev–Trinajstić information content (AvgIpc) is 2.72. The molecule has 0 aliphatic rings. The van der Waals surface area contributed by atoms with Crippen molar-refractivity contribution in [3.63, 3.8) is 0 Å². The average molecular weight is 493 g/mol. The van der Waals surface area contributed by atoms with Crippen molar-refractivity contribution < 1.29 is 25.9 Å². The van der Waals surface area contributed by atoms with Crippen LogP contribution in [0.2, 0.25) is 0 Å². The van der Waals surface area contributed by atoms with Crippen molar-refractivity contribution in [2.24, 2.45) is 0 Å². The molecule has 0 spiro atoms. The minimum Gasteiger partial charge on any atom is -0.362 e. The van der Waals surface area contributed by atoms with Gasteiger partial charge in [-0.1, -0.05) is 44.2 Å². The maximum Gasteiger partial charge on any atom is 0.307 e. The molecule has 0 saturated heterocycles. The zero-order valence-corrected chi connectivity index (χ0v) is 19.4. The summed E-state index contributed by atoms with van der Waals surface area (Å²) in [6.07, 6.45) is 0.823. The molecule has 3 rings (SSSR count). The summed E-state index contributed by atoms with van der Waals surface area (Å²) in [5.74, 6) is -0.769. The molecule has 13 heteroatoms. The minimum atomic E-state index is -4.34. The number of hydrogen-bond donors (Lipinski definition) is 1. The molecule has 0 amide bonds. The predicted octanol–water partition coefficient (Wildman–Crippen LogP) is 3.31. The summed E-state index contributed by atoms with van der Waals surface area (Å²) in [4.78, 5) is 18.0. The Morgan fingerprint density at radius 3 is 2.33 bits per heavy atom. The Labute approximate surface area is 190 Å². The van der Waals surface area contributed by atoms with Crippen LogP contribution in [-0.2, 0) is 20.1 Å². The molecule has 0 saturated carbocycles. The second kappa shape index (κ2) is 9.11. The largest absolute Gasteiger partial charge is 0.362 e. The number of benzene rings is 2. The summed E-state index contributed by atoms with van der Waals surface area (Å²) in [5.41, 5.74) is 1.32. The van der Waals surface area contributed by atoms with E-state index >= 15 is 0 Å². The van der Waals surface area contributed by atoms with Crippen molar-refractivity contribution in [1.29, 1.82) is 0 Å². The van der Waals surface area contributed by atoms with Gasteiger partial charge in [-0.2, -0.15) is 13.4 Å². The summed E-state index contributed by atoms with van der Waals surface area (Å²) in [7, 11) is -8.31. The van der Waals surface area contributed by atoms with Gasteiger partial charge in [0.2, 0.25) is 11.8 Å². The Morgan fingerprint density at radius 2 is 1.70 bits per heavy atom. The highest BCUT2D eigenvalue weighted by molar-refractivity contribution is 7.92. The van der Waals surface area contributed by atoms with Crippen LogP contribution in [-0.4, -0.2) is 38.0 Å². The first kappa shape index (κ1) is 24.1. The summed E-state index contributed by atoms with van der Waals surface area (Å²) < 4.78 is 56.0. The van der Waals surface area contributed by atoms with Crippen LogP contribution in [0.4, 0.5) is 11.6 Å². The molecule has 3 aromatic rings. The molecule has 0 aliphatic carbocycles. The third-order valence-corrected chi connectivity index (χ3v) is 6.16. The van der Waals surface area contributed by atoms with E-state index in [2.05, 4.69) is 14.7 Å². The van der Waals surface area contributed by atoms with Gasteiger partial charge in [-0.15, -0.1) is 0 Å². The lowest BCUT2D eigenvalue weighted by molar-refractivity contribution is -0.385. The van der Waals surface area contributed by atoms with Crippen LogP contribution in [0.1, 0.15) is 25.3 Å². The maximum absolute atomic E-state index is 12.8. The van der Waals surface area contributed by atoms with E-state index in [0.717, 1.165) is 24.0 Å². The number of rotatable bonds is 8. The third-order valence-electron chi connectivity index (χ3n) is 4.36. The van der Waals surface area contributed by atoms with Crippen LogP contribution in [0.3, 0.4) is 0 Å². The van der Waals surface area contributed by atoms with Crippen molar-refractivity contribution in [1.82, 2.24) is 9.97 Å². The van der Waals surface area contributed by atoms with E-state index in [1.54, 1.807) is 12.1 Å². The van der Waals surface area contributed by atoms with Crippen molar-refractivity contribution in [3.05, 3.63) is 70.3 Å². The molecule has 0 fully saturated rings. The fraction of sp³-hybridized carbons (Fsp3) is 0.200. The number of anilines is 1. The fourth-order valence-electron chi connectivity index (χ4n) is 2.98. The van der Waals surface area contributed by atoms with E-state index in [9.17, 15) is 26.9 Å². The molecule has 0 aliphatic heterocycles. The van der Waals surface area contributed by atoms with Gasteiger partial charge in [-0.3, -0.25) is 10.1 Å². The van der Waals surface area contributed by atoms with Crippen molar-refractivity contribution in [3.8, 4) is 17.1 Å². The number of aromatic nitrogens is 2. The highest BCUT2D eigenvalue weighted by atomic mass is 32.2. The molecule has 1 aromatic heterocycles. The molecule has 1 N–H and O–H groups in total. The normalized spacial score (nSPS) is 11.9. The smallest absolute Gasteiger partial charge is 0.307 e. The van der Waals surface area contributed by atoms with Gasteiger partial charge in [0.25, 0.3) is 15.7 Å². The second-order valence-electron chi connectivity index (χ2n) is 7.30. The quantitative estimate of drug-likeness (QED) is 0.283. The number of nitrogens with one attached hydrogen (secondary N) is 1. The highest BCUT2D eigenvalue weighted by Crippen LogP contribution is 2.31. The molecule has 1 heterocycles. The summed E-state index contributed by atoms with van der Waals surface area (Å²) >= 11 is 0. The molecule has 2 aromatic carbocycles. The van der Waals surface area contributed by atoms with Gasteiger partial charge in [0, 0.05) is 23.8 Å². The molecule has 11 nitrogen and oxygen atoms in total. The topological polar surface area (TPSA) is 158 Å². The molecule has 0 radical (unpaired) electrons. The molecule has 33 heavy (non-hydrogen) atoms. The van der Waals surface area contributed by atoms with Gasteiger partial charge in [-0.25, -0.2) is 18.1 Å². The first-order valence-electron chi connectivity index (χ1n) is 9.51. The minimum absolute atomic E-state index is 0.0838. The number of nitrogens with zero attached hydrogens (tertiary/aromatic N) is 3. The molecule has 174 valence electrons. The second-order valence-corrected chi connectivity index (χ2v) is 10.6. The van der Waals surface area contributed by atoms with Crippen LogP contribution in [0.25, 0.3) is 11.3 Å². The molecular weight excluding hydrogens is 472 g/mol. The Hall–Kier alpha value is -3.58. The molecule has 0 atom stereocenters. The zero-order valence-electron chi connectivity index (χ0n) is 17.8. The van der Waals surface area contributed by atoms with E-state index in [0.29, 0.717) is 5.56 Å². The Balaban J connectivity index is 2.12. The SMILES string of the molecule is CC(C)c1ccccc1-c1cc(OS(C)(=O)=O)nc(NS(=O)(=O)c2cccc([N+](=O)[O-])c2)n1. The van der Waals surface area contributed by atoms with Crippen molar-refractivity contribution in [2.45, 2.75) is 24.7 Å². The standard InChI is InChI=1S/C20H20N4O7S2/c1-13(2)16-9-4-5-10-17(16)18-12-19(31-32(3,27)28)22-20(21-18)23-33(29,30)15-8-6-7-14(11-15)24(25)26/h4-13H,1-3H3,(H,21,22,23). The lowest BCUT2D eigenvalue weighted by Crippen LogP contribution is -2.16. The molecule has 0 bridgehead atoms. The zero-order chi connectivity index (χ0) is 24.4. The fourth-order valence-corrected chi connectivity index (χ4v) is 4.36. The van der Waals surface area contributed by atoms with Gasteiger partial charge in [0.1, 0.15) is 0 Å². The van der Waals surface area contributed by atoms with Crippen molar-refractivity contribution >= 4 is 31.8 Å². The van der Waals surface area contributed by atoms with E-state index in [-0.39, 0.29) is 16.5 Å². The van der Waals surface area contributed by atoms with Gasteiger partial charge < -0.3 is 4.18 Å². The number of hydrogen-bond acceptors (Lipinski definition) is 9. The summed E-state index contributed by atoms with van der Waals surface area (Å²) in [5, 5.41) is 11.0. The lowest BCUT2D eigenvalue weighted by atomic mass is 9.95. The van der Waals surface area contributed by atoms with Gasteiger partial charge in [-0.05, 0) is 17.5 Å². The van der Waals surface area contributed by atoms with Crippen LogP contribution < -0.4 is 8.91 Å². The highest BCUT2D eigenvalue weighted by Gasteiger charge is 2.21. The van der Waals surface area contributed by atoms with E-state index in [1.807, 2.05) is 26.0 Å². The van der Waals surface area contributed by atoms with E-state index in [1.165, 1.54) is 18.2 Å².